The highest BCUT2D eigenvalue weighted by Gasteiger charge is 1.99. The van der Waals surface area contributed by atoms with E-state index in [4.69, 9.17) is 4.74 Å². The lowest BCUT2D eigenvalue weighted by molar-refractivity contribution is 0.305. The van der Waals surface area contributed by atoms with Gasteiger partial charge in [0.2, 0.25) is 0 Å². The number of nitrogens with one attached hydrogen (secondary N) is 1. The van der Waals surface area contributed by atoms with Crippen molar-refractivity contribution in [2.24, 2.45) is 0 Å². The average molecular weight is 234 g/mol. The van der Waals surface area contributed by atoms with Gasteiger partial charge in [0.25, 0.3) is 0 Å². The van der Waals surface area contributed by atoms with E-state index in [0.717, 1.165) is 17.3 Å². The molecule has 0 spiro atoms. The Bertz CT molecular complexity index is 428. The Morgan fingerprint density at radius 2 is 2.38 bits per heavy atom. The zero-order chi connectivity index (χ0) is 11.2. The summed E-state index contributed by atoms with van der Waals surface area (Å²) in [6, 6.07) is 8.09. The van der Waals surface area contributed by atoms with Crippen molar-refractivity contribution in [3.63, 3.8) is 0 Å². The van der Waals surface area contributed by atoms with Gasteiger partial charge >= 0.3 is 0 Å². The number of hydrogen-bond donors (Lipinski definition) is 1. The summed E-state index contributed by atoms with van der Waals surface area (Å²) in [7, 11) is 1.93. The van der Waals surface area contributed by atoms with Crippen molar-refractivity contribution in [2.75, 3.05) is 7.05 Å². The van der Waals surface area contributed by atoms with Crippen LogP contribution < -0.4 is 10.1 Å². The first-order valence-electron chi connectivity index (χ1n) is 5.13. The summed E-state index contributed by atoms with van der Waals surface area (Å²) in [4.78, 5) is 4.17. The smallest absolute Gasteiger partial charge is 0.140 e. The van der Waals surface area contributed by atoms with Crippen molar-refractivity contribution in [3.8, 4) is 5.75 Å². The summed E-state index contributed by atoms with van der Waals surface area (Å²) in [5, 5.41) is 6.07. The fraction of sp³-hybridized carbons (Fsp3) is 0.250. The highest BCUT2D eigenvalue weighted by atomic mass is 32.1. The zero-order valence-corrected chi connectivity index (χ0v) is 9.96. The van der Waals surface area contributed by atoms with Crippen LogP contribution in [0.25, 0.3) is 0 Å². The van der Waals surface area contributed by atoms with Gasteiger partial charge in [-0.05, 0) is 24.7 Å². The van der Waals surface area contributed by atoms with E-state index in [9.17, 15) is 0 Å². The molecule has 0 aliphatic rings. The number of benzene rings is 1. The van der Waals surface area contributed by atoms with Gasteiger partial charge in [-0.15, -0.1) is 11.3 Å². The lowest BCUT2D eigenvalue weighted by atomic mass is 10.2. The predicted molar refractivity (Wildman–Crippen MR) is 65.7 cm³/mol. The predicted octanol–water partition coefficient (Wildman–Crippen LogP) is 2.44. The molecule has 84 valence electrons. The Balaban J connectivity index is 1.96. The second kappa shape index (κ2) is 5.63. The van der Waals surface area contributed by atoms with Crippen LogP contribution in [0, 0.1) is 0 Å². The Kier molecular flexibility index (Phi) is 3.91. The first kappa shape index (κ1) is 11.1. The highest BCUT2D eigenvalue weighted by Crippen LogP contribution is 2.15. The SMILES string of the molecule is CNCc1cccc(OCc2nccs2)c1. The molecule has 0 amide bonds. The van der Waals surface area contributed by atoms with Gasteiger partial charge in [-0.1, -0.05) is 12.1 Å². The van der Waals surface area contributed by atoms with Crippen molar-refractivity contribution >= 4 is 11.3 Å². The third-order valence-electron chi connectivity index (χ3n) is 2.13. The van der Waals surface area contributed by atoms with E-state index in [-0.39, 0.29) is 0 Å². The molecule has 0 bridgehead atoms. The molecule has 1 aromatic heterocycles. The second-order valence-corrected chi connectivity index (χ2v) is 4.37. The molecule has 0 atom stereocenters. The van der Waals surface area contributed by atoms with Crippen molar-refractivity contribution in [1.29, 1.82) is 0 Å². The monoisotopic (exact) mass is 234 g/mol. The topological polar surface area (TPSA) is 34.1 Å². The largest absolute Gasteiger partial charge is 0.486 e. The van der Waals surface area contributed by atoms with Gasteiger partial charge in [0.05, 0.1) is 0 Å². The van der Waals surface area contributed by atoms with E-state index in [1.165, 1.54) is 5.56 Å². The summed E-state index contributed by atoms with van der Waals surface area (Å²) >= 11 is 1.61. The zero-order valence-electron chi connectivity index (χ0n) is 9.14. The minimum atomic E-state index is 0.542. The summed E-state index contributed by atoms with van der Waals surface area (Å²) in [6.07, 6.45) is 1.79. The van der Waals surface area contributed by atoms with Crippen LogP contribution in [-0.2, 0) is 13.2 Å². The van der Waals surface area contributed by atoms with Crippen LogP contribution in [0.3, 0.4) is 0 Å². The van der Waals surface area contributed by atoms with Gasteiger partial charge < -0.3 is 10.1 Å². The number of nitrogens with zero attached hydrogens (tertiary/aromatic N) is 1. The van der Waals surface area contributed by atoms with Gasteiger partial charge in [0, 0.05) is 18.1 Å². The Morgan fingerprint density at radius 1 is 1.44 bits per heavy atom. The molecule has 0 saturated carbocycles. The lowest BCUT2D eigenvalue weighted by Gasteiger charge is -2.06. The van der Waals surface area contributed by atoms with Gasteiger partial charge in [0.1, 0.15) is 17.4 Å². The molecule has 4 heteroatoms. The van der Waals surface area contributed by atoms with Crippen LogP contribution in [0.5, 0.6) is 5.75 Å². The second-order valence-electron chi connectivity index (χ2n) is 3.39. The van der Waals surface area contributed by atoms with Crippen LogP contribution in [0.1, 0.15) is 10.6 Å². The molecule has 3 nitrogen and oxygen atoms in total. The molecule has 2 aromatic rings. The molecule has 0 saturated heterocycles. The molecule has 1 heterocycles. The maximum atomic E-state index is 5.66. The van der Waals surface area contributed by atoms with Gasteiger partial charge in [-0.25, -0.2) is 4.98 Å². The van der Waals surface area contributed by atoms with E-state index in [1.54, 1.807) is 17.5 Å². The standard InChI is InChI=1S/C12H14N2OS/c1-13-8-10-3-2-4-11(7-10)15-9-12-14-5-6-16-12/h2-7,13H,8-9H2,1H3. The van der Waals surface area contributed by atoms with Crippen LogP contribution in [0.4, 0.5) is 0 Å². The molecular formula is C12H14N2OS. The molecule has 2 rings (SSSR count). The molecule has 0 unspecified atom stereocenters. The number of aromatic nitrogens is 1. The molecule has 0 fully saturated rings. The third-order valence-corrected chi connectivity index (χ3v) is 2.88. The molecule has 1 N–H and O–H groups in total. The lowest BCUT2D eigenvalue weighted by Crippen LogP contribution is -2.05. The maximum Gasteiger partial charge on any atom is 0.140 e. The van der Waals surface area contributed by atoms with Crippen molar-refractivity contribution in [3.05, 3.63) is 46.4 Å². The van der Waals surface area contributed by atoms with Gasteiger partial charge in [0.15, 0.2) is 0 Å². The molecule has 16 heavy (non-hydrogen) atoms. The van der Waals surface area contributed by atoms with Crippen LogP contribution >= 0.6 is 11.3 Å². The van der Waals surface area contributed by atoms with E-state index in [0.29, 0.717) is 6.61 Å². The van der Waals surface area contributed by atoms with Gasteiger partial charge in [-0.3, -0.25) is 0 Å². The number of rotatable bonds is 5. The van der Waals surface area contributed by atoms with E-state index >= 15 is 0 Å². The molecule has 0 aliphatic heterocycles. The first-order valence-corrected chi connectivity index (χ1v) is 6.01. The van der Waals surface area contributed by atoms with E-state index in [1.807, 2.05) is 30.6 Å². The highest BCUT2D eigenvalue weighted by molar-refractivity contribution is 7.09. The fourth-order valence-electron chi connectivity index (χ4n) is 1.42. The summed E-state index contributed by atoms with van der Waals surface area (Å²) < 4.78 is 5.66. The fourth-order valence-corrected chi connectivity index (χ4v) is 1.95. The molecular weight excluding hydrogens is 220 g/mol. The Morgan fingerprint density at radius 3 is 3.12 bits per heavy atom. The van der Waals surface area contributed by atoms with E-state index in [2.05, 4.69) is 16.4 Å². The minimum absolute atomic E-state index is 0.542. The summed E-state index contributed by atoms with van der Waals surface area (Å²) in [5.41, 5.74) is 1.22. The summed E-state index contributed by atoms with van der Waals surface area (Å²) in [6.45, 7) is 1.40. The maximum absolute atomic E-state index is 5.66. The van der Waals surface area contributed by atoms with Crippen molar-refractivity contribution < 1.29 is 4.74 Å². The molecule has 1 aromatic carbocycles. The van der Waals surface area contributed by atoms with E-state index < -0.39 is 0 Å². The number of thiazole rings is 1. The molecule has 0 aliphatic carbocycles. The van der Waals surface area contributed by atoms with Crippen molar-refractivity contribution in [2.45, 2.75) is 13.2 Å². The summed E-state index contributed by atoms with van der Waals surface area (Å²) in [5.74, 6) is 0.892. The Hall–Kier alpha value is -1.39. The van der Waals surface area contributed by atoms with Crippen molar-refractivity contribution in [1.82, 2.24) is 10.3 Å². The first-order chi connectivity index (χ1) is 7.88. The third kappa shape index (κ3) is 3.05. The van der Waals surface area contributed by atoms with Crippen LogP contribution in [0.2, 0.25) is 0 Å². The minimum Gasteiger partial charge on any atom is -0.486 e. The molecule has 0 radical (unpaired) electrons. The quantitative estimate of drug-likeness (QED) is 0.862. The average Bonchev–Trinajstić information content (AvgIpc) is 2.80. The number of hydrogen-bond acceptors (Lipinski definition) is 4. The normalized spacial score (nSPS) is 10.3. The van der Waals surface area contributed by atoms with Crippen LogP contribution in [-0.4, -0.2) is 12.0 Å². The number of ether oxygens (including phenoxy) is 1. The van der Waals surface area contributed by atoms with Gasteiger partial charge in [-0.2, -0.15) is 0 Å². The van der Waals surface area contributed by atoms with Crippen LogP contribution in [0.15, 0.2) is 35.8 Å². The Labute approximate surface area is 99.1 Å².